The van der Waals surface area contributed by atoms with Crippen LogP contribution in [-0.2, 0) is 0 Å². The average molecular weight is 324 g/mol. The highest BCUT2D eigenvalue weighted by molar-refractivity contribution is 6.02. The standard InChI is InChI=1S/C16H21N3O2.ClH/c1-4-11(5-2)14-9-15(21-19-14)16(20)18-13-8-12(17)7-6-10(13)3;/h6-9,11H,4-5,17H2,1-3H3,(H,18,20);1H. The predicted octanol–water partition coefficient (Wildman–Crippen LogP) is 4.14. The number of halogens is 1. The van der Waals surface area contributed by atoms with Crippen LogP contribution in [0.4, 0.5) is 11.4 Å². The van der Waals surface area contributed by atoms with Crippen molar-refractivity contribution in [3.8, 4) is 0 Å². The monoisotopic (exact) mass is 323 g/mol. The summed E-state index contributed by atoms with van der Waals surface area (Å²) in [5, 5.41) is 6.80. The Bertz CT molecular complexity index is 636. The van der Waals surface area contributed by atoms with E-state index in [0.717, 1.165) is 24.1 Å². The smallest absolute Gasteiger partial charge is 0.294 e. The van der Waals surface area contributed by atoms with Gasteiger partial charge in [-0.15, -0.1) is 12.4 Å². The molecule has 0 saturated heterocycles. The van der Waals surface area contributed by atoms with Crippen molar-refractivity contribution < 1.29 is 9.32 Å². The Morgan fingerprint density at radius 2 is 2.00 bits per heavy atom. The van der Waals surface area contributed by atoms with Gasteiger partial charge in [0, 0.05) is 23.4 Å². The van der Waals surface area contributed by atoms with E-state index in [-0.39, 0.29) is 24.1 Å². The minimum absolute atomic E-state index is 0. The molecule has 0 unspecified atom stereocenters. The van der Waals surface area contributed by atoms with Crippen LogP contribution >= 0.6 is 12.4 Å². The van der Waals surface area contributed by atoms with Crippen molar-refractivity contribution in [3.05, 3.63) is 41.3 Å². The summed E-state index contributed by atoms with van der Waals surface area (Å²) in [5.74, 6) is 0.233. The summed E-state index contributed by atoms with van der Waals surface area (Å²) in [6.45, 7) is 6.10. The fourth-order valence-corrected chi connectivity index (χ4v) is 2.25. The number of amides is 1. The maximum absolute atomic E-state index is 12.2. The minimum Gasteiger partial charge on any atom is -0.399 e. The molecule has 22 heavy (non-hydrogen) atoms. The summed E-state index contributed by atoms with van der Waals surface area (Å²) >= 11 is 0. The Morgan fingerprint density at radius 3 is 2.64 bits per heavy atom. The zero-order valence-electron chi connectivity index (χ0n) is 13.1. The number of hydrogen-bond donors (Lipinski definition) is 2. The molecule has 0 radical (unpaired) electrons. The molecule has 1 amide bonds. The lowest BCUT2D eigenvalue weighted by Crippen LogP contribution is -2.12. The lowest BCUT2D eigenvalue weighted by molar-refractivity contribution is 0.0987. The molecule has 0 bridgehead atoms. The summed E-state index contributed by atoms with van der Waals surface area (Å²) in [5.41, 5.74) is 8.79. The lowest BCUT2D eigenvalue weighted by atomic mass is 9.99. The summed E-state index contributed by atoms with van der Waals surface area (Å²) < 4.78 is 5.16. The topological polar surface area (TPSA) is 81.2 Å². The van der Waals surface area contributed by atoms with Crippen LogP contribution in [0.3, 0.4) is 0 Å². The zero-order chi connectivity index (χ0) is 15.4. The molecule has 0 spiro atoms. The number of aromatic nitrogens is 1. The van der Waals surface area contributed by atoms with E-state index >= 15 is 0 Å². The number of nitrogen functional groups attached to an aromatic ring is 1. The van der Waals surface area contributed by atoms with Crippen molar-refractivity contribution in [2.75, 3.05) is 11.1 Å². The maximum atomic E-state index is 12.2. The molecule has 6 heteroatoms. The Kier molecular flexibility index (Phi) is 6.43. The van der Waals surface area contributed by atoms with Crippen LogP contribution in [0.2, 0.25) is 0 Å². The van der Waals surface area contributed by atoms with Crippen LogP contribution in [0.25, 0.3) is 0 Å². The molecular weight excluding hydrogens is 302 g/mol. The molecular formula is C16H22ClN3O2. The van der Waals surface area contributed by atoms with Gasteiger partial charge in [-0.25, -0.2) is 0 Å². The number of benzene rings is 1. The quantitative estimate of drug-likeness (QED) is 0.810. The third kappa shape index (κ3) is 4.01. The van der Waals surface area contributed by atoms with Crippen LogP contribution in [-0.4, -0.2) is 11.1 Å². The maximum Gasteiger partial charge on any atom is 0.294 e. The van der Waals surface area contributed by atoms with Crippen molar-refractivity contribution >= 4 is 29.7 Å². The lowest BCUT2D eigenvalue weighted by Gasteiger charge is -2.07. The SMILES string of the molecule is CCC(CC)c1cc(C(=O)Nc2cc(N)ccc2C)on1.Cl. The van der Waals surface area contributed by atoms with Crippen LogP contribution < -0.4 is 11.1 Å². The number of carbonyl (C=O) groups is 1. The van der Waals surface area contributed by atoms with Gasteiger partial charge in [-0.05, 0) is 37.5 Å². The number of rotatable bonds is 5. The van der Waals surface area contributed by atoms with Crippen molar-refractivity contribution in [1.82, 2.24) is 5.16 Å². The molecule has 1 heterocycles. The molecule has 0 aliphatic rings. The second kappa shape index (κ2) is 7.84. The number of nitrogens with zero attached hydrogens (tertiary/aromatic N) is 1. The van der Waals surface area contributed by atoms with Crippen LogP contribution in [0.1, 0.15) is 54.4 Å². The van der Waals surface area contributed by atoms with Gasteiger partial charge in [-0.3, -0.25) is 4.79 Å². The van der Waals surface area contributed by atoms with E-state index in [2.05, 4.69) is 24.3 Å². The number of nitrogens with one attached hydrogen (secondary N) is 1. The highest BCUT2D eigenvalue weighted by atomic mass is 35.5. The van der Waals surface area contributed by atoms with Crippen LogP contribution in [0, 0.1) is 6.92 Å². The van der Waals surface area contributed by atoms with Crippen LogP contribution in [0.5, 0.6) is 0 Å². The van der Waals surface area contributed by atoms with Gasteiger partial charge in [0.25, 0.3) is 5.91 Å². The van der Waals surface area contributed by atoms with Crippen molar-refractivity contribution in [2.24, 2.45) is 0 Å². The molecule has 1 aromatic carbocycles. The second-order valence-corrected chi connectivity index (χ2v) is 5.16. The first-order chi connectivity index (χ1) is 10.0. The number of nitrogens with two attached hydrogens (primary N) is 1. The fourth-order valence-electron chi connectivity index (χ4n) is 2.25. The predicted molar refractivity (Wildman–Crippen MR) is 90.6 cm³/mol. The minimum atomic E-state index is -0.312. The Balaban J connectivity index is 0.00000242. The summed E-state index contributed by atoms with van der Waals surface area (Å²) in [6, 6.07) is 7.10. The van der Waals surface area contributed by atoms with Gasteiger partial charge < -0.3 is 15.6 Å². The van der Waals surface area contributed by atoms with Crippen molar-refractivity contribution in [3.63, 3.8) is 0 Å². The van der Waals surface area contributed by atoms with E-state index in [1.165, 1.54) is 0 Å². The normalized spacial score (nSPS) is 10.4. The molecule has 1 aromatic heterocycles. The number of anilines is 2. The molecule has 0 fully saturated rings. The van der Waals surface area contributed by atoms with E-state index in [4.69, 9.17) is 10.3 Å². The summed E-state index contributed by atoms with van der Waals surface area (Å²) in [4.78, 5) is 12.2. The first kappa shape index (κ1) is 18.0. The molecule has 120 valence electrons. The number of hydrogen-bond acceptors (Lipinski definition) is 4. The molecule has 0 saturated carbocycles. The Morgan fingerprint density at radius 1 is 1.32 bits per heavy atom. The van der Waals surface area contributed by atoms with E-state index < -0.39 is 0 Å². The first-order valence-corrected chi connectivity index (χ1v) is 7.19. The van der Waals surface area contributed by atoms with E-state index in [1.54, 1.807) is 18.2 Å². The van der Waals surface area contributed by atoms with Gasteiger partial charge in [0.1, 0.15) is 0 Å². The van der Waals surface area contributed by atoms with Crippen molar-refractivity contribution in [2.45, 2.75) is 39.5 Å². The average Bonchev–Trinajstić information content (AvgIpc) is 2.94. The molecule has 3 N–H and O–H groups in total. The van der Waals surface area contributed by atoms with Gasteiger partial charge in [0.2, 0.25) is 5.76 Å². The molecule has 0 aliphatic heterocycles. The van der Waals surface area contributed by atoms with Crippen LogP contribution in [0.15, 0.2) is 28.8 Å². The molecule has 2 aromatic rings. The summed E-state index contributed by atoms with van der Waals surface area (Å²) in [6.07, 6.45) is 1.94. The van der Waals surface area contributed by atoms with Gasteiger partial charge >= 0.3 is 0 Å². The van der Waals surface area contributed by atoms with Crippen molar-refractivity contribution in [1.29, 1.82) is 0 Å². The number of carbonyl (C=O) groups excluding carboxylic acids is 1. The molecule has 5 nitrogen and oxygen atoms in total. The molecule has 0 aliphatic carbocycles. The van der Waals surface area contributed by atoms with Gasteiger partial charge in [0.15, 0.2) is 0 Å². The number of aryl methyl sites for hydroxylation is 1. The third-order valence-electron chi connectivity index (χ3n) is 3.67. The largest absolute Gasteiger partial charge is 0.399 e. The molecule has 0 atom stereocenters. The highest BCUT2D eigenvalue weighted by Gasteiger charge is 2.18. The van der Waals surface area contributed by atoms with E-state index in [1.807, 2.05) is 13.0 Å². The summed E-state index contributed by atoms with van der Waals surface area (Å²) in [7, 11) is 0. The molecule has 2 rings (SSSR count). The zero-order valence-corrected chi connectivity index (χ0v) is 13.9. The first-order valence-electron chi connectivity index (χ1n) is 7.19. The highest BCUT2D eigenvalue weighted by Crippen LogP contribution is 2.23. The second-order valence-electron chi connectivity index (χ2n) is 5.16. The Hall–Kier alpha value is -2.01. The van der Waals surface area contributed by atoms with Gasteiger partial charge in [-0.2, -0.15) is 0 Å². The van der Waals surface area contributed by atoms with E-state index in [9.17, 15) is 4.79 Å². The van der Waals surface area contributed by atoms with E-state index in [0.29, 0.717) is 17.3 Å². The fraction of sp³-hybridized carbons (Fsp3) is 0.375. The third-order valence-corrected chi connectivity index (χ3v) is 3.67. The Labute approximate surface area is 136 Å². The van der Waals surface area contributed by atoms with Gasteiger partial charge in [0.05, 0.1) is 5.69 Å². The van der Waals surface area contributed by atoms with Gasteiger partial charge in [-0.1, -0.05) is 25.1 Å².